The molecule has 0 unspecified atom stereocenters. The van der Waals surface area contributed by atoms with E-state index < -0.39 is 0 Å². The van der Waals surface area contributed by atoms with Crippen LogP contribution in [0.4, 0.5) is 4.39 Å². The first-order valence-electron chi connectivity index (χ1n) is 8.00. The summed E-state index contributed by atoms with van der Waals surface area (Å²) in [5, 5.41) is 7.24. The van der Waals surface area contributed by atoms with Crippen LogP contribution in [0.15, 0.2) is 48.5 Å². The van der Waals surface area contributed by atoms with E-state index in [9.17, 15) is 9.18 Å². The fourth-order valence-corrected chi connectivity index (χ4v) is 3.50. The number of benzene rings is 2. The number of likely N-dealkylation sites (N-methyl/N-ethyl adjacent to an activating group) is 1. The van der Waals surface area contributed by atoms with Crippen molar-refractivity contribution in [1.82, 2.24) is 15.6 Å². The third kappa shape index (κ3) is 2.37. The van der Waals surface area contributed by atoms with Gasteiger partial charge < -0.3 is 10.3 Å². The van der Waals surface area contributed by atoms with Gasteiger partial charge in [0.2, 0.25) is 5.91 Å². The SMILES string of the molecule is CNC(=O)[C@@H]1Cc2c([nH]c3ccccc23)[C@@H](c2ccc(F)cc2)N1. The van der Waals surface area contributed by atoms with Crippen molar-refractivity contribution in [2.45, 2.75) is 18.5 Å². The molecule has 0 radical (unpaired) electrons. The summed E-state index contributed by atoms with van der Waals surface area (Å²) in [6, 6.07) is 14.0. The molecule has 3 N–H and O–H groups in total. The Morgan fingerprint density at radius 2 is 1.92 bits per heavy atom. The molecule has 1 aliphatic heterocycles. The third-order valence-electron chi connectivity index (χ3n) is 4.68. The third-order valence-corrected chi connectivity index (χ3v) is 4.68. The molecule has 2 aromatic carbocycles. The van der Waals surface area contributed by atoms with Crippen molar-refractivity contribution < 1.29 is 9.18 Å². The van der Waals surface area contributed by atoms with Crippen molar-refractivity contribution >= 4 is 16.8 Å². The van der Waals surface area contributed by atoms with Gasteiger partial charge in [-0.3, -0.25) is 10.1 Å². The summed E-state index contributed by atoms with van der Waals surface area (Å²) in [4.78, 5) is 15.7. The maximum Gasteiger partial charge on any atom is 0.237 e. The number of hydrogen-bond donors (Lipinski definition) is 3. The van der Waals surface area contributed by atoms with Crippen molar-refractivity contribution in [2.75, 3.05) is 7.05 Å². The van der Waals surface area contributed by atoms with Crippen LogP contribution in [-0.2, 0) is 11.2 Å². The topological polar surface area (TPSA) is 56.9 Å². The first-order valence-corrected chi connectivity index (χ1v) is 8.00. The lowest BCUT2D eigenvalue weighted by atomic mass is 9.90. The van der Waals surface area contributed by atoms with Crippen LogP contribution >= 0.6 is 0 Å². The van der Waals surface area contributed by atoms with Gasteiger partial charge in [0.15, 0.2) is 0 Å². The van der Waals surface area contributed by atoms with Crippen molar-refractivity contribution in [3.8, 4) is 0 Å². The van der Waals surface area contributed by atoms with E-state index in [0.29, 0.717) is 6.42 Å². The smallest absolute Gasteiger partial charge is 0.237 e. The molecule has 0 fully saturated rings. The summed E-state index contributed by atoms with van der Waals surface area (Å²) in [6.07, 6.45) is 0.622. The lowest BCUT2D eigenvalue weighted by Crippen LogP contribution is -2.49. The van der Waals surface area contributed by atoms with Crippen molar-refractivity contribution in [1.29, 1.82) is 0 Å². The van der Waals surface area contributed by atoms with Gasteiger partial charge in [-0.2, -0.15) is 0 Å². The van der Waals surface area contributed by atoms with Gasteiger partial charge in [-0.05, 0) is 35.7 Å². The lowest BCUT2D eigenvalue weighted by Gasteiger charge is -2.30. The predicted octanol–water partition coefficient (Wildman–Crippen LogP) is 2.66. The largest absolute Gasteiger partial charge is 0.358 e. The Balaban J connectivity index is 1.86. The number of para-hydroxylation sites is 1. The van der Waals surface area contributed by atoms with Crippen LogP contribution in [0.25, 0.3) is 10.9 Å². The summed E-state index contributed by atoms with van der Waals surface area (Å²) in [6.45, 7) is 0. The molecule has 2 atom stereocenters. The zero-order valence-electron chi connectivity index (χ0n) is 13.3. The van der Waals surface area contributed by atoms with E-state index in [1.165, 1.54) is 12.1 Å². The van der Waals surface area contributed by atoms with Gasteiger partial charge in [0, 0.05) is 23.6 Å². The first kappa shape index (κ1) is 14.9. The van der Waals surface area contributed by atoms with Gasteiger partial charge in [0.1, 0.15) is 5.82 Å². The Morgan fingerprint density at radius 1 is 1.17 bits per heavy atom. The number of aromatic nitrogens is 1. The Morgan fingerprint density at radius 3 is 2.67 bits per heavy atom. The second kappa shape index (κ2) is 5.76. The van der Waals surface area contributed by atoms with Crippen LogP contribution in [0.3, 0.4) is 0 Å². The zero-order valence-corrected chi connectivity index (χ0v) is 13.3. The van der Waals surface area contributed by atoms with E-state index >= 15 is 0 Å². The number of amides is 1. The van der Waals surface area contributed by atoms with Crippen LogP contribution in [0, 0.1) is 5.82 Å². The molecule has 1 amide bonds. The van der Waals surface area contributed by atoms with Gasteiger partial charge >= 0.3 is 0 Å². The van der Waals surface area contributed by atoms with E-state index in [2.05, 4.69) is 21.7 Å². The molecule has 3 aromatic rings. The number of carbonyl (C=O) groups is 1. The van der Waals surface area contributed by atoms with E-state index in [0.717, 1.165) is 27.7 Å². The van der Waals surface area contributed by atoms with E-state index in [1.54, 1.807) is 19.2 Å². The zero-order chi connectivity index (χ0) is 16.7. The summed E-state index contributed by atoms with van der Waals surface area (Å²) in [5.74, 6) is -0.313. The molecule has 4 nitrogen and oxygen atoms in total. The second-order valence-corrected chi connectivity index (χ2v) is 6.09. The first-order chi connectivity index (χ1) is 11.7. The molecule has 0 bridgehead atoms. The van der Waals surface area contributed by atoms with Crippen molar-refractivity contribution in [2.24, 2.45) is 0 Å². The average molecular weight is 323 g/mol. The standard InChI is InChI=1S/C19H18FN3O/c1-21-19(24)16-10-14-13-4-2-3-5-15(13)22-18(14)17(23-16)11-6-8-12(20)9-7-11/h2-9,16-17,22-23H,10H2,1H3,(H,21,24)/t16-,17+/m0/s1. The molecular weight excluding hydrogens is 305 g/mol. The molecule has 0 aliphatic carbocycles. The molecule has 1 aliphatic rings. The molecule has 1 aromatic heterocycles. The number of H-pyrrole nitrogens is 1. The Labute approximate surface area is 139 Å². The highest BCUT2D eigenvalue weighted by molar-refractivity contribution is 5.88. The molecule has 2 heterocycles. The molecule has 0 spiro atoms. The summed E-state index contributed by atoms with van der Waals surface area (Å²) in [5.41, 5.74) is 4.17. The quantitative estimate of drug-likeness (QED) is 0.679. The fourth-order valence-electron chi connectivity index (χ4n) is 3.50. The van der Waals surface area contributed by atoms with Crippen molar-refractivity contribution in [3.05, 3.63) is 71.2 Å². The number of rotatable bonds is 2. The number of carbonyl (C=O) groups excluding carboxylic acids is 1. The maximum absolute atomic E-state index is 13.3. The number of halogens is 1. The lowest BCUT2D eigenvalue weighted by molar-refractivity contribution is -0.122. The minimum Gasteiger partial charge on any atom is -0.358 e. The molecule has 0 saturated carbocycles. The Kier molecular flexibility index (Phi) is 3.58. The average Bonchev–Trinajstić information content (AvgIpc) is 2.99. The number of nitrogens with one attached hydrogen (secondary N) is 3. The maximum atomic E-state index is 13.3. The van der Waals surface area contributed by atoms with Gasteiger partial charge in [0.25, 0.3) is 0 Å². The Hall–Kier alpha value is -2.66. The fraction of sp³-hybridized carbons (Fsp3) is 0.211. The minimum atomic E-state index is -0.322. The van der Waals surface area contributed by atoms with Gasteiger partial charge in [-0.1, -0.05) is 30.3 Å². The number of aromatic amines is 1. The van der Waals surface area contributed by atoms with Gasteiger partial charge in [-0.25, -0.2) is 4.39 Å². The number of hydrogen-bond acceptors (Lipinski definition) is 2. The molecular formula is C19H18FN3O. The summed E-state index contributed by atoms with van der Waals surface area (Å²) >= 11 is 0. The minimum absolute atomic E-state index is 0.0435. The summed E-state index contributed by atoms with van der Waals surface area (Å²) in [7, 11) is 1.64. The monoisotopic (exact) mass is 323 g/mol. The predicted molar refractivity (Wildman–Crippen MR) is 91.2 cm³/mol. The molecule has 24 heavy (non-hydrogen) atoms. The van der Waals surface area contributed by atoms with Crippen LogP contribution in [0.1, 0.15) is 22.9 Å². The summed E-state index contributed by atoms with van der Waals surface area (Å²) < 4.78 is 13.3. The van der Waals surface area contributed by atoms with Crippen LogP contribution in [-0.4, -0.2) is 24.0 Å². The normalized spacial score (nSPS) is 19.9. The van der Waals surface area contributed by atoms with Crippen LogP contribution in [0.2, 0.25) is 0 Å². The highest BCUT2D eigenvalue weighted by atomic mass is 19.1. The highest BCUT2D eigenvalue weighted by Gasteiger charge is 2.33. The van der Waals surface area contributed by atoms with Crippen LogP contribution < -0.4 is 10.6 Å². The second-order valence-electron chi connectivity index (χ2n) is 6.09. The van der Waals surface area contributed by atoms with Crippen LogP contribution in [0.5, 0.6) is 0 Å². The van der Waals surface area contributed by atoms with Crippen molar-refractivity contribution in [3.63, 3.8) is 0 Å². The Bertz CT molecular complexity index is 901. The molecule has 0 saturated heterocycles. The van der Waals surface area contributed by atoms with E-state index in [-0.39, 0.29) is 23.8 Å². The molecule has 4 rings (SSSR count). The molecule has 122 valence electrons. The van der Waals surface area contributed by atoms with Gasteiger partial charge in [0.05, 0.1) is 12.1 Å². The van der Waals surface area contributed by atoms with Gasteiger partial charge in [-0.15, -0.1) is 0 Å². The highest BCUT2D eigenvalue weighted by Crippen LogP contribution is 2.35. The van der Waals surface area contributed by atoms with E-state index in [1.807, 2.05) is 18.2 Å². The van der Waals surface area contributed by atoms with E-state index in [4.69, 9.17) is 0 Å². The molecule has 5 heteroatoms. The number of fused-ring (bicyclic) bond motifs is 3.